The van der Waals surface area contributed by atoms with Crippen LogP contribution in [-0.4, -0.2) is 19.9 Å². The van der Waals surface area contributed by atoms with Crippen LogP contribution in [0.25, 0.3) is 0 Å². The highest BCUT2D eigenvalue weighted by atomic mass is 35.5. The predicted octanol–water partition coefficient (Wildman–Crippen LogP) is 5.83. The molecule has 1 rings (SSSR count). The smallest absolute Gasteiger partial charge is 0.218 e. The topological polar surface area (TPSA) is 31.4 Å². The summed E-state index contributed by atoms with van der Waals surface area (Å²) in [5, 5.41) is 0.191. The van der Waals surface area contributed by atoms with Gasteiger partial charge in [-0.3, -0.25) is 0 Å². The number of aromatic nitrogens is 1. The molecule has 1 heterocycles. The summed E-state index contributed by atoms with van der Waals surface area (Å²) in [6, 6.07) is 2.07. The van der Waals surface area contributed by atoms with Gasteiger partial charge in [-0.2, -0.15) is 0 Å². The maximum atomic E-state index is 6.36. The summed E-state index contributed by atoms with van der Waals surface area (Å²) in [5.74, 6) is 1.06. The maximum Gasteiger partial charge on any atom is 0.218 e. The van der Waals surface area contributed by atoms with E-state index in [9.17, 15) is 0 Å². The summed E-state index contributed by atoms with van der Waals surface area (Å²) in [7, 11) is -1.79. The maximum absolute atomic E-state index is 6.36. The van der Waals surface area contributed by atoms with Crippen LogP contribution in [0.5, 0.6) is 5.88 Å². The minimum Gasteiger partial charge on any atom is -0.477 e. The average Bonchev–Trinajstić information content (AvgIpc) is 2.44. The van der Waals surface area contributed by atoms with Gasteiger partial charge in [-0.05, 0) is 43.1 Å². The van der Waals surface area contributed by atoms with E-state index >= 15 is 0 Å². The van der Waals surface area contributed by atoms with E-state index in [2.05, 4.69) is 51.8 Å². The first kappa shape index (κ1) is 20.5. The van der Waals surface area contributed by atoms with Crippen LogP contribution in [0, 0.1) is 6.92 Å². The molecule has 0 bridgehead atoms. The van der Waals surface area contributed by atoms with E-state index < -0.39 is 8.32 Å². The second kappa shape index (κ2) is 8.50. The monoisotopic (exact) mass is 357 g/mol. The Hall–Kier alpha value is -0.583. The Morgan fingerprint density at radius 1 is 1.26 bits per heavy atom. The Kier molecular flexibility index (Phi) is 7.56. The minimum atomic E-state index is -1.79. The van der Waals surface area contributed by atoms with Gasteiger partial charge in [0.2, 0.25) is 5.88 Å². The predicted molar refractivity (Wildman–Crippen MR) is 101 cm³/mol. The highest BCUT2D eigenvalue weighted by Gasteiger charge is 2.37. The van der Waals surface area contributed by atoms with Crippen molar-refractivity contribution in [1.29, 1.82) is 0 Å². The second-order valence-electron chi connectivity index (χ2n) is 7.59. The van der Waals surface area contributed by atoms with E-state index in [1.54, 1.807) is 0 Å². The molecule has 3 nitrogen and oxygen atoms in total. The van der Waals surface area contributed by atoms with Crippen molar-refractivity contribution in [3.05, 3.63) is 22.9 Å². The summed E-state index contributed by atoms with van der Waals surface area (Å²) >= 11 is 6.18. The summed E-state index contributed by atoms with van der Waals surface area (Å²) in [6.07, 6.45) is 2.12. The van der Waals surface area contributed by atoms with Gasteiger partial charge in [0, 0.05) is 11.3 Å². The van der Waals surface area contributed by atoms with Crippen molar-refractivity contribution in [3.8, 4) is 5.88 Å². The van der Waals surface area contributed by atoms with Crippen LogP contribution in [-0.2, 0) is 16.9 Å². The highest BCUT2D eigenvalue weighted by Crippen LogP contribution is 2.37. The number of hydrogen-bond acceptors (Lipinski definition) is 3. The number of rotatable bonds is 8. The molecule has 0 atom stereocenters. The molecule has 0 aliphatic rings. The van der Waals surface area contributed by atoms with Crippen molar-refractivity contribution in [3.63, 3.8) is 0 Å². The zero-order valence-corrected chi connectivity index (χ0v) is 17.5. The molecule has 0 aromatic carbocycles. The number of aryl methyl sites for hydroxylation is 1. The van der Waals surface area contributed by atoms with Gasteiger partial charge in [0.15, 0.2) is 8.32 Å². The highest BCUT2D eigenvalue weighted by molar-refractivity contribution is 6.74. The van der Waals surface area contributed by atoms with E-state index in [0.29, 0.717) is 25.0 Å². The molecule has 0 radical (unpaired) electrons. The lowest BCUT2D eigenvalue weighted by atomic mass is 10.1. The SMILES string of the molecule is CCCCOc1nc(C)cc(CO[Si](C)(C)C(C)(C)C)c1CCl. The molecule has 0 spiro atoms. The molecule has 1 aromatic rings. The van der Waals surface area contributed by atoms with Gasteiger partial charge >= 0.3 is 0 Å². The van der Waals surface area contributed by atoms with Crippen LogP contribution < -0.4 is 4.74 Å². The largest absolute Gasteiger partial charge is 0.477 e. The zero-order chi connectivity index (χ0) is 17.7. The molecule has 0 N–H and O–H groups in total. The Labute approximate surface area is 147 Å². The van der Waals surface area contributed by atoms with Gasteiger partial charge in [0.1, 0.15) is 0 Å². The van der Waals surface area contributed by atoms with E-state index in [0.717, 1.165) is 29.7 Å². The molecule has 132 valence electrons. The van der Waals surface area contributed by atoms with E-state index in [4.69, 9.17) is 20.8 Å². The molecule has 1 aromatic heterocycles. The third-order valence-corrected chi connectivity index (χ3v) is 9.32. The van der Waals surface area contributed by atoms with Crippen LogP contribution in [0.2, 0.25) is 18.1 Å². The van der Waals surface area contributed by atoms with Gasteiger partial charge in [-0.15, -0.1) is 11.6 Å². The zero-order valence-electron chi connectivity index (χ0n) is 15.8. The first-order valence-electron chi connectivity index (χ1n) is 8.44. The Morgan fingerprint density at radius 3 is 2.43 bits per heavy atom. The first-order chi connectivity index (χ1) is 10.6. The van der Waals surface area contributed by atoms with Crippen LogP contribution >= 0.6 is 11.6 Å². The van der Waals surface area contributed by atoms with Crippen LogP contribution in [0.15, 0.2) is 6.07 Å². The lowest BCUT2D eigenvalue weighted by Crippen LogP contribution is -2.40. The molecule has 0 aliphatic carbocycles. The standard InChI is InChI=1S/C18H32ClNO2Si/c1-8-9-10-21-17-16(12-19)15(11-14(2)20-17)13-22-23(6,7)18(3,4)5/h11H,8-10,12-13H2,1-7H3. The number of hydrogen-bond donors (Lipinski definition) is 0. The summed E-state index contributed by atoms with van der Waals surface area (Å²) in [5.41, 5.74) is 3.01. The van der Waals surface area contributed by atoms with Crippen molar-refractivity contribution in [2.24, 2.45) is 0 Å². The fourth-order valence-electron chi connectivity index (χ4n) is 1.92. The Bertz CT molecular complexity index is 512. The Balaban J connectivity index is 2.97. The van der Waals surface area contributed by atoms with Crippen molar-refractivity contribution in [2.75, 3.05) is 6.61 Å². The van der Waals surface area contributed by atoms with Gasteiger partial charge in [0.25, 0.3) is 0 Å². The number of ether oxygens (including phenoxy) is 1. The third-order valence-electron chi connectivity index (χ3n) is 4.57. The number of pyridine rings is 1. The molecule has 0 amide bonds. The van der Waals surface area contributed by atoms with Crippen LogP contribution in [0.1, 0.15) is 57.4 Å². The molecule has 5 heteroatoms. The summed E-state index contributed by atoms with van der Waals surface area (Å²) < 4.78 is 12.2. The number of unbranched alkanes of at least 4 members (excludes halogenated alkanes) is 1. The molecule has 23 heavy (non-hydrogen) atoms. The quantitative estimate of drug-likeness (QED) is 0.333. The number of nitrogens with zero attached hydrogens (tertiary/aromatic N) is 1. The number of halogens is 1. The van der Waals surface area contributed by atoms with E-state index in [1.807, 2.05) is 6.92 Å². The molecule has 0 fully saturated rings. The fraction of sp³-hybridized carbons (Fsp3) is 0.722. The lowest BCUT2D eigenvalue weighted by molar-refractivity contribution is 0.270. The van der Waals surface area contributed by atoms with Crippen LogP contribution in [0.4, 0.5) is 0 Å². The van der Waals surface area contributed by atoms with Crippen molar-refractivity contribution in [2.45, 2.75) is 78.1 Å². The molecule has 0 saturated heterocycles. The molecular formula is C18H32ClNO2Si. The van der Waals surface area contributed by atoms with E-state index in [-0.39, 0.29) is 5.04 Å². The van der Waals surface area contributed by atoms with Crippen molar-refractivity contribution < 1.29 is 9.16 Å². The van der Waals surface area contributed by atoms with Gasteiger partial charge in [0.05, 0.1) is 19.1 Å². The third kappa shape index (κ3) is 5.77. The first-order valence-corrected chi connectivity index (χ1v) is 11.9. The summed E-state index contributed by atoms with van der Waals surface area (Å²) in [4.78, 5) is 4.52. The molecule has 0 aliphatic heterocycles. The van der Waals surface area contributed by atoms with Gasteiger partial charge < -0.3 is 9.16 Å². The Morgan fingerprint density at radius 2 is 1.91 bits per heavy atom. The second-order valence-corrected chi connectivity index (χ2v) is 12.7. The van der Waals surface area contributed by atoms with Crippen LogP contribution in [0.3, 0.4) is 0 Å². The van der Waals surface area contributed by atoms with Crippen molar-refractivity contribution >= 4 is 19.9 Å². The molecule has 0 unspecified atom stereocenters. The normalized spacial score (nSPS) is 12.5. The fourth-order valence-corrected chi connectivity index (χ4v) is 3.15. The molecule has 0 saturated carbocycles. The molecular weight excluding hydrogens is 326 g/mol. The average molecular weight is 358 g/mol. The number of alkyl halides is 1. The lowest BCUT2D eigenvalue weighted by Gasteiger charge is -2.36. The van der Waals surface area contributed by atoms with Gasteiger partial charge in [-0.25, -0.2) is 4.98 Å². The van der Waals surface area contributed by atoms with Gasteiger partial charge in [-0.1, -0.05) is 34.1 Å². The minimum absolute atomic E-state index is 0.191. The van der Waals surface area contributed by atoms with Crippen molar-refractivity contribution in [1.82, 2.24) is 4.98 Å². The van der Waals surface area contributed by atoms with E-state index in [1.165, 1.54) is 0 Å². The summed E-state index contributed by atoms with van der Waals surface area (Å²) in [6.45, 7) is 16.7.